The van der Waals surface area contributed by atoms with Gasteiger partial charge in [0.25, 0.3) is 5.91 Å². The van der Waals surface area contributed by atoms with Crippen molar-refractivity contribution in [2.45, 2.75) is 87.9 Å². The maximum atomic E-state index is 13.5. The molecule has 0 radical (unpaired) electrons. The van der Waals surface area contributed by atoms with E-state index in [9.17, 15) is 23.1 Å². The van der Waals surface area contributed by atoms with Gasteiger partial charge in [0.1, 0.15) is 5.75 Å². The molecule has 2 fully saturated rings. The fourth-order valence-electron chi connectivity index (χ4n) is 8.88. The molecule has 2 aromatic carbocycles. The number of nitrogens with one attached hydrogen (secondary N) is 1. The molecule has 5 aliphatic rings. The van der Waals surface area contributed by atoms with Crippen molar-refractivity contribution in [3.8, 4) is 5.75 Å². The Balaban J connectivity index is 1.30. The van der Waals surface area contributed by atoms with Crippen LogP contribution >= 0.6 is 11.6 Å². The van der Waals surface area contributed by atoms with E-state index in [0.717, 1.165) is 50.6 Å². The summed E-state index contributed by atoms with van der Waals surface area (Å²) in [5.74, 6) is -0.490. The van der Waals surface area contributed by atoms with Crippen molar-refractivity contribution in [3.05, 3.63) is 70.3 Å². The van der Waals surface area contributed by atoms with Gasteiger partial charge in [-0.2, -0.15) is 0 Å². The Hall–Kier alpha value is -3.08. The Kier molecular flexibility index (Phi) is 9.28. The van der Waals surface area contributed by atoms with Crippen molar-refractivity contribution < 1.29 is 27.9 Å². The van der Waals surface area contributed by atoms with Gasteiger partial charge < -0.3 is 19.6 Å². The highest BCUT2D eigenvalue weighted by Gasteiger charge is 2.49. The molecular weight excluding hydrogens is 662 g/mol. The highest BCUT2D eigenvalue weighted by molar-refractivity contribution is 7.90. The second-order valence-electron chi connectivity index (χ2n) is 15.3. The minimum Gasteiger partial charge on any atom is -0.490 e. The van der Waals surface area contributed by atoms with Crippen LogP contribution in [-0.4, -0.2) is 73.9 Å². The molecule has 0 aromatic heterocycles. The minimum absolute atomic E-state index is 0.00484. The van der Waals surface area contributed by atoms with Gasteiger partial charge in [-0.3, -0.25) is 9.59 Å². The van der Waals surface area contributed by atoms with Crippen LogP contribution in [0.4, 0.5) is 5.69 Å². The van der Waals surface area contributed by atoms with Crippen LogP contribution in [0.1, 0.15) is 86.7 Å². The van der Waals surface area contributed by atoms with Crippen molar-refractivity contribution in [1.29, 1.82) is 0 Å². The van der Waals surface area contributed by atoms with Crippen molar-refractivity contribution in [2.24, 2.45) is 17.8 Å². The predicted molar refractivity (Wildman–Crippen MR) is 191 cm³/mol. The van der Waals surface area contributed by atoms with E-state index in [1.165, 1.54) is 11.1 Å². The molecule has 3 heterocycles. The predicted octanol–water partition coefficient (Wildman–Crippen LogP) is 5.63. The van der Waals surface area contributed by atoms with E-state index in [2.05, 4.69) is 21.8 Å². The summed E-state index contributed by atoms with van der Waals surface area (Å²) >= 11 is 6.44. The number of anilines is 1. The third-order valence-corrected chi connectivity index (χ3v) is 14.3. The van der Waals surface area contributed by atoms with Crippen molar-refractivity contribution in [2.75, 3.05) is 37.7 Å². The van der Waals surface area contributed by atoms with E-state index in [1.54, 1.807) is 31.2 Å². The molecule has 1 saturated heterocycles. The van der Waals surface area contributed by atoms with Gasteiger partial charge in [-0.25, -0.2) is 13.1 Å². The lowest BCUT2D eigenvalue weighted by molar-refractivity contribution is -0.138. The first-order chi connectivity index (χ1) is 23.4. The van der Waals surface area contributed by atoms with Crippen LogP contribution in [0.25, 0.3) is 0 Å². The Labute approximate surface area is 295 Å². The Bertz CT molecular complexity index is 1760. The quantitative estimate of drug-likeness (QED) is 0.389. The molecule has 1 spiro atoms. The number of carbonyl (C=O) groups is 2. The molecule has 3 aliphatic heterocycles. The molecule has 2 aromatic rings. The van der Waals surface area contributed by atoms with Crippen molar-refractivity contribution in [3.63, 3.8) is 0 Å². The number of likely N-dealkylation sites (tertiary alicyclic amines) is 1. The lowest BCUT2D eigenvalue weighted by Crippen LogP contribution is -2.53. The first kappa shape index (κ1) is 34.4. The number of aliphatic hydroxyl groups is 1. The zero-order valence-electron chi connectivity index (χ0n) is 28.5. The topological polar surface area (TPSA) is 116 Å². The van der Waals surface area contributed by atoms with Gasteiger partial charge in [0.2, 0.25) is 15.9 Å². The van der Waals surface area contributed by atoms with Crippen LogP contribution in [0.3, 0.4) is 0 Å². The molecule has 0 unspecified atom stereocenters. The number of hydrogen-bond acceptors (Lipinski definition) is 7. The second-order valence-corrected chi connectivity index (χ2v) is 17.8. The largest absolute Gasteiger partial charge is 0.490 e. The number of aryl methyl sites for hydroxylation is 1. The van der Waals surface area contributed by atoms with Gasteiger partial charge in [-0.1, -0.05) is 36.7 Å². The summed E-state index contributed by atoms with van der Waals surface area (Å²) in [7, 11) is -4.02. The minimum atomic E-state index is -4.02. The van der Waals surface area contributed by atoms with Crippen molar-refractivity contribution in [1.82, 2.24) is 9.62 Å². The number of benzene rings is 2. The van der Waals surface area contributed by atoms with Crippen LogP contribution < -0.4 is 14.4 Å². The van der Waals surface area contributed by atoms with E-state index in [4.69, 9.17) is 16.3 Å². The van der Waals surface area contributed by atoms with E-state index < -0.39 is 26.8 Å². The normalized spacial score (nSPS) is 33.3. The SMILES string of the molecule is C[C@@H]1[C@@H](C)C/C=C/[C@@](O)(CC(=O)N2CCCC2)[C@@H]2CC[C@H]2CN2C[C@@]3(CCCc4cc(Cl)ccc43)COc3ccc(cc32)C(=O)NS1(=O)=O. The maximum Gasteiger partial charge on any atom is 0.264 e. The maximum absolute atomic E-state index is 13.5. The smallest absolute Gasteiger partial charge is 0.264 e. The van der Waals surface area contributed by atoms with Crippen LogP contribution in [0.2, 0.25) is 5.02 Å². The molecular formula is C38H48ClN3O6S. The standard InChI is InChI=1S/C38H48ClN3O6S/c1-25-7-5-16-38(45,21-35(43)41-17-3-4-18-41)32-12-9-29(32)22-42-23-37(15-6-8-27-19-30(39)11-13-31(27)37)24-48-34-14-10-28(20-33(34)42)36(44)40-49(46,47)26(25)2/h5,10-11,13-14,16,19-20,25-26,29,32,45H,3-4,6-9,12,15,17-18,21-24H2,1-2H3,(H,40,44)/b16-5+/t25-,26+,29-,32+,37-,38+/m0/s1. The Morgan fingerprint density at radius 3 is 2.65 bits per heavy atom. The molecule has 6 atom stereocenters. The van der Waals surface area contributed by atoms with Gasteiger partial charge in [-0.05, 0) is 118 Å². The molecule has 11 heteroatoms. The number of nitrogens with zero attached hydrogens (tertiary/aromatic N) is 2. The highest BCUT2D eigenvalue weighted by atomic mass is 35.5. The van der Waals surface area contributed by atoms with Crippen LogP contribution in [0, 0.1) is 17.8 Å². The Morgan fingerprint density at radius 1 is 1.10 bits per heavy atom. The molecule has 2 N–H and O–H groups in total. The second kappa shape index (κ2) is 13.2. The number of ether oxygens (including phenoxy) is 1. The lowest BCUT2D eigenvalue weighted by Gasteiger charge is -2.49. The van der Waals surface area contributed by atoms with E-state index in [1.807, 2.05) is 24.0 Å². The van der Waals surface area contributed by atoms with Crippen LogP contribution in [0.5, 0.6) is 5.75 Å². The number of sulfonamides is 1. The van der Waals surface area contributed by atoms with Gasteiger partial charge in [-0.15, -0.1) is 0 Å². The van der Waals surface area contributed by atoms with Gasteiger partial charge in [0.15, 0.2) is 0 Å². The summed E-state index contributed by atoms with van der Waals surface area (Å²) in [4.78, 5) is 31.2. The first-order valence-electron chi connectivity index (χ1n) is 17.9. The van der Waals surface area contributed by atoms with Crippen LogP contribution in [0.15, 0.2) is 48.6 Å². The first-order valence-corrected chi connectivity index (χ1v) is 19.8. The number of carbonyl (C=O) groups excluding carboxylic acids is 2. The fourth-order valence-corrected chi connectivity index (χ4v) is 10.4. The number of rotatable bonds is 2. The van der Waals surface area contributed by atoms with Gasteiger partial charge in [0, 0.05) is 42.2 Å². The third kappa shape index (κ3) is 6.61. The molecule has 7 rings (SSSR count). The average molecular weight is 710 g/mol. The average Bonchev–Trinajstić information content (AvgIpc) is 3.55. The monoisotopic (exact) mass is 709 g/mol. The highest BCUT2D eigenvalue weighted by Crippen LogP contribution is 2.49. The summed E-state index contributed by atoms with van der Waals surface area (Å²) in [6, 6.07) is 11.3. The Morgan fingerprint density at radius 2 is 1.90 bits per heavy atom. The van der Waals surface area contributed by atoms with E-state index in [-0.39, 0.29) is 41.1 Å². The zero-order valence-corrected chi connectivity index (χ0v) is 30.1. The van der Waals surface area contributed by atoms with Gasteiger partial charge >= 0.3 is 0 Å². The molecule has 49 heavy (non-hydrogen) atoms. The summed E-state index contributed by atoms with van der Waals surface area (Å²) in [6.07, 6.45) is 10.5. The van der Waals surface area contributed by atoms with E-state index >= 15 is 0 Å². The summed E-state index contributed by atoms with van der Waals surface area (Å²) < 4.78 is 35.8. The molecule has 2 aliphatic carbocycles. The fraction of sp³-hybridized carbons (Fsp3) is 0.579. The molecule has 1 saturated carbocycles. The molecule has 9 nitrogen and oxygen atoms in total. The number of fused-ring (bicyclic) bond motifs is 4. The number of halogens is 1. The lowest BCUT2D eigenvalue weighted by atomic mass is 9.63. The number of amides is 2. The molecule has 2 amide bonds. The zero-order chi connectivity index (χ0) is 34.6. The number of hydrogen-bond donors (Lipinski definition) is 2. The number of allylic oxidation sites excluding steroid dienone is 1. The van der Waals surface area contributed by atoms with E-state index in [0.29, 0.717) is 50.0 Å². The van der Waals surface area contributed by atoms with Crippen molar-refractivity contribution >= 4 is 39.1 Å². The summed E-state index contributed by atoms with van der Waals surface area (Å²) in [6.45, 7) is 6.52. The molecule has 264 valence electrons. The summed E-state index contributed by atoms with van der Waals surface area (Å²) in [5.41, 5.74) is 1.71. The third-order valence-electron chi connectivity index (χ3n) is 12.1. The summed E-state index contributed by atoms with van der Waals surface area (Å²) in [5, 5.41) is 12.3. The van der Waals surface area contributed by atoms with Gasteiger partial charge in [0.05, 0.1) is 29.6 Å². The van der Waals surface area contributed by atoms with Crippen LogP contribution in [-0.2, 0) is 26.7 Å². The molecule has 2 bridgehead atoms.